The smallest absolute Gasteiger partial charge is 1.00 e. The Kier molecular flexibility index (Phi) is 54.8. The molecule has 12 heterocycles. The van der Waals surface area contributed by atoms with Crippen molar-refractivity contribution < 1.29 is 211 Å². The SMILES string of the molecule is C.C.CC(C)(C)OC(=O)N1C2C=C(c3ccnc(Cl)n3)CC1CC2.CCOC(=O)CBr.CCOC(=O)Cn1cc([N+](=O)[O-])cn1.Cc1ccc(S(=O)(=O)O)cc1.N.NC(=O)Cn1cc(N)cn1.NC(=O)Cn1cc(N)cn1.NC(=O)Cn1cc(Nc2nccc(C3=CC4CCC(C3)N4C(=O)[C@@H]3CC3(F)F)n2)cn1.NC(=O)Cn1cc([N+](=O)[O-])cn1.O=CO[O-].O=[N+]([O-])c1cn[nH]c1.[H-].[HH].[HH].[K+].[K+]. The van der Waals surface area contributed by atoms with E-state index >= 15 is 0 Å². The van der Waals surface area contributed by atoms with Crippen LogP contribution in [0.1, 0.15) is 116 Å². The number of aryl methyl sites for hydroxylation is 1. The van der Waals surface area contributed by atoms with Crippen LogP contribution in [0.2, 0.25) is 5.28 Å². The molecule has 4 unspecified atom stereocenters. The number of hydrogen-bond donors (Lipinski definition) is 10. The van der Waals surface area contributed by atoms with Crippen molar-refractivity contribution in [1.29, 1.82) is 0 Å². The Morgan fingerprint density at radius 3 is 1.43 bits per heavy atom. The average Bonchev–Trinajstić information content (AvgIpc) is 1.60. The number of H-pyrrole nitrogens is 1. The second-order valence-electron chi connectivity index (χ2n) is 28.1. The predicted octanol–water partition coefficient (Wildman–Crippen LogP) is -0.0933. The number of nitrogens with zero attached hydrogens (tertiary/aromatic N) is 20. The minimum absolute atomic E-state index is 0. The number of aromatic nitrogens is 16. The van der Waals surface area contributed by atoms with Gasteiger partial charge in [-0.3, -0.25) is 107 Å². The minimum atomic E-state index is -4.02. The summed E-state index contributed by atoms with van der Waals surface area (Å²) in [6.07, 6.45) is 27.7. The molecule has 9 aromatic rings. The van der Waals surface area contributed by atoms with Crippen molar-refractivity contribution in [3.63, 3.8) is 0 Å². The number of benzene rings is 1. The minimum Gasteiger partial charge on any atom is -1.00 e. The van der Waals surface area contributed by atoms with Crippen molar-refractivity contribution in [2.45, 2.75) is 175 Å². The molecule has 5 aliphatic rings. The van der Waals surface area contributed by atoms with Crippen LogP contribution in [0, 0.1) is 43.2 Å². The van der Waals surface area contributed by atoms with E-state index in [-0.39, 0.29) is 244 Å². The fraction of sp³-hybridized carbons (Fsp3) is 0.400. The van der Waals surface area contributed by atoms with E-state index in [0.29, 0.717) is 41.4 Å². The molecule has 1 aromatic carbocycles. The number of primary amides is 4. The molecule has 59 heteroatoms. The monoisotopic (exact) mass is 2040 g/mol. The van der Waals surface area contributed by atoms with E-state index in [2.05, 4.69) is 97.3 Å². The summed E-state index contributed by atoms with van der Waals surface area (Å²) in [5.74, 6) is -6.68. The molecular formula is C75H107BrClF2K2N29O23S. The number of carbonyl (C=O) groups is 9. The number of aromatic amines is 1. The van der Waals surface area contributed by atoms with Crippen LogP contribution in [0.15, 0.2) is 140 Å². The number of esters is 2. The summed E-state index contributed by atoms with van der Waals surface area (Å²) >= 11 is 8.81. The number of nitro groups is 3. The topological polar surface area (TPSA) is 776 Å². The first-order valence-corrected chi connectivity index (χ1v) is 40.7. The predicted molar refractivity (Wildman–Crippen MR) is 473 cm³/mol. The van der Waals surface area contributed by atoms with Crippen molar-refractivity contribution >= 4 is 143 Å². The summed E-state index contributed by atoms with van der Waals surface area (Å²) in [5, 5.41) is 66.6. The first kappa shape index (κ1) is 122. The zero-order valence-electron chi connectivity index (χ0n) is 73.2. The molecule has 18 N–H and O–H groups in total. The summed E-state index contributed by atoms with van der Waals surface area (Å²) in [4.78, 5) is 148. The summed E-state index contributed by atoms with van der Waals surface area (Å²) in [7, 11) is -4.02. The molecule has 4 aliphatic heterocycles. The molecule has 5 atom stereocenters. The molecule has 6 amide bonds. The quantitative estimate of drug-likeness (QED) is 0.00382. The van der Waals surface area contributed by atoms with E-state index in [9.17, 15) is 85.9 Å². The molecule has 1 saturated carbocycles. The van der Waals surface area contributed by atoms with E-state index < -0.39 is 77.8 Å². The van der Waals surface area contributed by atoms with Gasteiger partial charge in [-0.2, -0.15) is 39.0 Å². The maximum Gasteiger partial charge on any atom is 1.00 e. The molecule has 3 fully saturated rings. The fourth-order valence-corrected chi connectivity index (χ4v) is 12.4. The van der Waals surface area contributed by atoms with Gasteiger partial charge in [0.15, 0.2) is 0 Å². The van der Waals surface area contributed by atoms with Gasteiger partial charge in [0, 0.05) is 52.3 Å². The van der Waals surface area contributed by atoms with Crippen LogP contribution < -0.4 is 154 Å². The standard InChI is InChI=1S/C20H21F2N7O2.C16H20ClN3O2.C7H9N3O4.C7H8O3S.C5H6N4O3.2C5H8N4O.C4H7BrO2.C3H3N3O2.CH2O3.2CH4.2K.H3N.2H2.H/c21-20(22)7-15(20)18(31)29-13-1-2-14(29)6-11(5-13)16-3-4-24-19(27-16)26-12-8-25-28(9-12)10-17(23)30;1-16(2,3)22-15(21)20-11-4-5-12(20)9-10(8-11)13-6-7-18-14(17)19-13;1-2-14-7(11)5-9-4-6(3-8-9)10(12)13;1-6-2-4-7(5-3-6)11(8,9)10;6-5(10)3-8-2-4(1-7-8)9(11)12;2*6-4-1-8-9(2-4)3-5(7)10;1-2-7-4(6)3-5;7-6(8)3-1-4-5-2-3;2-1-4-3;;;;;;;;/h3-5,8-9,13-15H,1-2,6-7,10H2,(H2,23,30)(H,24,26,27);6-8,11-12H,4-5,9H2,1-3H3;3-4H,2,5H2,1H3;2-5H,1H3,(H,8,9,10);1-2H,3H2,(H2,6,10);2*1-2H,3,6H2,(H2,7,10);2-3H2,1H3;1-2H,(H,4,5);1,3H;2*1H4;;;1H3;2*1H;/q;;;;;;;;;;;;2*+1;;;;-1/p-1/t13?,14?,15-;;;;;;;;;;;;;;;;;/m0................./s1. The molecular weight excluding hydrogens is 1940 g/mol. The average molecular weight is 2050 g/mol. The number of alkyl halides is 3. The van der Waals surface area contributed by atoms with Crippen LogP contribution >= 0.6 is 27.5 Å². The van der Waals surface area contributed by atoms with Crippen LogP contribution in [-0.2, 0) is 100 Å². The van der Waals surface area contributed by atoms with E-state index in [1.807, 2.05) is 44.7 Å². The maximum absolute atomic E-state index is 13.4. The third-order valence-electron chi connectivity index (χ3n) is 16.9. The van der Waals surface area contributed by atoms with Crippen molar-refractivity contribution in [3.05, 3.63) is 188 Å². The van der Waals surface area contributed by atoms with Gasteiger partial charge in [0.25, 0.3) is 22.5 Å². The number of nitrogen functional groups attached to an aromatic ring is 2. The first-order chi connectivity index (χ1) is 60.7. The number of amides is 6. The molecule has 134 heavy (non-hydrogen) atoms. The third kappa shape index (κ3) is 44.1. The summed E-state index contributed by atoms with van der Waals surface area (Å²) in [6, 6.07) is 9.65. The Morgan fingerprint density at radius 2 is 1.07 bits per heavy atom. The Balaban J connectivity index is -0.000000748. The third-order valence-corrected chi connectivity index (χ3v) is 18.4. The number of carbonyl (C=O) groups excluding carboxylic acids is 9. The fourth-order valence-electron chi connectivity index (χ4n) is 11.6. The summed E-state index contributed by atoms with van der Waals surface area (Å²) in [5.41, 5.74) is 36.0. The molecule has 4 bridgehead atoms. The number of halogens is 4. The van der Waals surface area contributed by atoms with Gasteiger partial charge >= 0.3 is 138 Å². The molecule has 14 rings (SSSR count). The number of rotatable bonds is 23. The van der Waals surface area contributed by atoms with E-state index in [1.54, 1.807) is 67.9 Å². The summed E-state index contributed by atoms with van der Waals surface area (Å²) < 4.78 is 77.5. The first-order valence-electron chi connectivity index (χ1n) is 37.8. The maximum atomic E-state index is 13.4. The van der Waals surface area contributed by atoms with E-state index in [4.69, 9.17) is 65.3 Å². The van der Waals surface area contributed by atoms with Crippen LogP contribution in [-0.4, -0.2) is 225 Å². The Morgan fingerprint density at radius 1 is 0.657 bits per heavy atom. The van der Waals surface area contributed by atoms with Gasteiger partial charge in [0.1, 0.15) is 80.6 Å². The molecule has 2 saturated heterocycles. The van der Waals surface area contributed by atoms with Crippen LogP contribution in [0.4, 0.5) is 53.6 Å². The Labute approximate surface area is 867 Å². The number of ether oxygens (including phenoxy) is 3. The molecule has 0 radical (unpaired) electrons. The van der Waals surface area contributed by atoms with Crippen molar-refractivity contribution in [2.24, 2.45) is 28.9 Å². The number of fused-ring (bicyclic) bond motifs is 4. The second kappa shape index (κ2) is 60.0. The normalized spacial score (nSPS) is 15.3. The Hall–Kier alpha value is -11.5. The number of nitrogens with two attached hydrogens (primary N) is 6. The van der Waals surface area contributed by atoms with Crippen molar-refractivity contribution in [1.82, 2.24) is 95.0 Å². The van der Waals surface area contributed by atoms with Crippen molar-refractivity contribution in [2.75, 3.05) is 35.3 Å². The molecule has 726 valence electrons. The van der Waals surface area contributed by atoms with Crippen LogP contribution in [0.25, 0.3) is 11.1 Å². The summed E-state index contributed by atoms with van der Waals surface area (Å²) in [6.45, 7) is 11.4. The van der Waals surface area contributed by atoms with E-state index in [0.717, 1.165) is 94.4 Å². The van der Waals surface area contributed by atoms with E-state index in [1.165, 1.54) is 57.2 Å². The zero-order chi connectivity index (χ0) is 96.0. The number of nitrogens with one attached hydrogen (secondary N) is 2. The van der Waals surface area contributed by atoms with Crippen LogP contribution in [0.3, 0.4) is 0 Å². The molecule has 52 nitrogen and oxygen atoms in total. The molecule has 0 spiro atoms. The Bertz CT molecular complexity index is 5460. The van der Waals surface area contributed by atoms with Crippen molar-refractivity contribution in [3.8, 4) is 0 Å². The van der Waals surface area contributed by atoms with Gasteiger partial charge in [-0.1, -0.05) is 60.6 Å². The molecule has 1 aliphatic carbocycles. The zero-order valence-corrected chi connectivity index (χ0v) is 81.6. The van der Waals surface area contributed by atoms with Gasteiger partial charge < -0.3 is 76.6 Å². The largest absolute Gasteiger partial charge is 1.00 e. The number of hydrogen-bond acceptors (Lipinski definition) is 36. The van der Waals surface area contributed by atoms with Gasteiger partial charge in [-0.05, 0) is 127 Å². The number of anilines is 4. The van der Waals surface area contributed by atoms with Crippen LogP contribution in [0.5, 0.6) is 0 Å². The van der Waals surface area contributed by atoms with Gasteiger partial charge in [-0.25, -0.2) is 33.5 Å². The van der Waals surface area contributed by atoms with Gasteiger partial charge in [-0.15, -0.1) is 0 Å². The van der Waals surface area contributed by atoms with Gasteiger partial charge in [0.05, 0.1) is 98.2 Å². The molecule has 8 aromatic heterocycles. The van der Waals surface area contributed by atoms with Gasteiger partial charge in [0.2, 0.25) is 40.8 Å². The second-order valence-corrected chi connectivity index (χ2v) is 30.4.